The summed E-state index contributed by atoms with van der Waals surface area (Å²) < 4.78 is 15.5. The number of rotatable bonds is 3. The van der Waals surface area contributed by atoms with Gasteiger partial charge in [0.1, 0.15) is 11.5 Å². The molecule has 1 aromatic carbocycles. The van der Waals surface area contributed by atoms with Gasteiger partial charge in [-0.15, -0.1) is 0 Å². The largest absolute Gasteiger partial charge is 0.351 e. The Labute approximate surface area is 130 Å². The Morgan fingerprint density at radius 1 is 1.39 bits per heavy atom. The van der Waals surface area contributed by atoms with Crippen molar-refractivity contribution in [3.8, 4) is 0 Å². The fraction of sp³-hybridized carbons (Fsp3) is 0.0667. The zero-order chi connectivity index (χ0) is 16.4. The number of nitrogens with zero attached hydrogens (tertiary/aromatic N) is 3. The van der Waals surface area contributed by atoms with Gasteiger partial charge in [-0.05, 0) is 11.6 Å². The summed E-state index contributed by atoms with van der Waals surface area (Å²) in [5.74, 6) is -0.572. The van der Waals surface area contributed by atoms with Gasteiger partial charge in [0.05, 0.1) is 5.69 Å². The van der Waals surface area contributed by atoms with Crippen molar-refractivity contribution in [1.82, 2.24) is 19.7 Å². The second-order valence-corrected chi connectivity index (χ2v) is 4.86. The third-order valence-corrected chi connectivity index (χ3v) is 3.26. The van der Waals surface area contributed by atoms with Gasteiger partial charge in [0.25, 0.3) is 0 Å². The number of amides is 2. The quantitative estimate of drug-likeness (QED) is 0.503. The monoisotopic (exact) mass is 312 g/mol. The molecule has 0 aliphatic heterocycles. The van der Waals surface area contributed by atoms with E-state index in [9.17, 15) is 9.18 Å². The Bertz CT molecular complexity index is 904. The molecule has 0 spiro atoms. The molecular weight excluding hydrogens is 299 g/mol. The van der Waals surface area contributed by atoms with E-state index in [2.05, 4.69) is 15.3 Å². The van der Waals surface area contributed by atoms with Crippen molar-refractivity contribution in [1.29, 1.82) is 5.41 Å². The number of carbonyl (C=O) groups excluding carboxylic acids is 1. The fourth-order valence-corrected chi connectivity index (χ4v) is 2.25. The van der Waals surface area contributed by atoms with Crippen LogP contribution in [0.3, 0.4) is 0 Å². The molecule has 3 aromatic rings. The van der Waals surface area contributed by atoms with Crippen LogP contribution in [0.5, 0.6) is 0 Å². The van der Waals surface area contributed by atoms with Gasteiger partial charge in [-0.2, -0.15) is 0 Å². The first-order valence-corrected chi connectivity index (χ1v) is 6.76. The van der Waals surface area contributed by atoms with E-state index in [1.165, 1.54) is 6.07 Å². The van der Waals surface area contributed by atoms with E-state index in [1.54, 1.807) is 41.2 Å². The molecule has 0 saturated carbocycles. The Balaban J connectivity index is 2.05. The molecule has 0 bridgehead atoms. The minimum Gasteiger partial charge on any atom is -0.351 e. The van der Waals surface area contributed by atoms with Crippen LogP contribution in [0.25, 0.3) is 5.65 Å². The average molecular weight is 312 g/mol. The molecule has 0 unspecified atom stereocenters. The van der Waals surface area contributed by atoms with Crippen LogP contribution >= 0.6 is 0 Å². The molecule has 3 rings (SSSR count). The molecule has 8 heteroatoms. The summed E-state index contributed by atoms with van der Waals surface area (Å²) in [7, 11) is 0. The molecule has 2 heterocycles. The molecule has 4 N–H and O–H groups in total. The van der Waals surface area contributed by atoms with Gasteiger partial charge in [-0.1, -0.05) is 18.2 Å². The normalized spacial score (nSPS) is 10.7. The van der Waals surface area contributed by atoms with Crippen LogP contribution in [0.15, 0.2) is 42.9 Å². The van der Waals surface area contributed by atoms with E-state index in [4.69, 9.17) is 11.1 Å². The number of hydrogen-bond acceptors (Lipinski definition) is 4. The number of imidazole rings is 1. The van der Waals surface area contributed by atoms with Crippen molar-refractivity contribution >= 4 is 17.5 Å². The highest BCUT2D eigenvalue weighted by Crippen LogP contribution is 2.16. The number of primary amides is 1. The Kier molecular flexibility index (Phi) is 3.71. The molecule has 0 aliphatic carbocycles. The minimum absolute atomic E-state index is 0.209. The van der Waals surface area contributed by atoms with Crippen molar-refractivity contribution in [2.75, 3.05) is 0 Å². The van der Waals surface area contributed by atoms with E-state index < -0.39 is 6.03 Å². The van der Waals surface area contributed by atoms with Gasteiger partial charge in [0.2, 0.25) is 0 Å². The second kappa shape index (κ2) is 5.84. The molecule has 23 heavy (non-hydrogen) atoms. The predicted octanol–water partition coefficient (Wildman–Crippen LogP) is 1.45. The van der Waals surface area contributed by atoms with Gasteiger partial charge in [-0.3, -0.25) is 10.7 Å². The fourth-order valence-electron chi connectivity index (χ4n) is 2.25. The number of benzene rings is 1. The van der Waals surface area contributed by atoms with Crippen molar-refractivity contribution in [2.24, 2.45) is 5.73 Å². The summed E-state index contributed by atoms with van der Waals surface area (Å²) in [4.78, 5) is 19.4. The highest BCUT2D eigenvalue weighted by Gasteiger charge is 2.13. The average Bonchev–Trinajstić information content (AvgIpc) is 2.97. The van der Waals surface area contributed by atoms with Crippen molar-refractivity contribution in [2.45, 2.75) is 6.42 Å². The standard InChI is InChI=1S/C15H13FN6O/c16-10-4-2-1-3-9(10)7-11-14-19-5-6-22(14)8-12(20-11)13(17)21-15(18)23/h1-6,8H,7H2,(H4,17,18,21,23). The zero-order valence-corrected chi connectivity index (χ0v) is 12.0. The first-order valence-electron chi connectivity index (χ1n) is 6.76. The lowest BCUT2D eigenvalue weighted by atomic mass is 10.1. The van der Waals surface area contributed by atoms with E-state index in [1.807, 2.05) is 0 Å². The molecule has 0 radical (unpaired) electrons. The summed E-state index contributed by atoms with van der Waals surface area (Å²) >= 11 is 0. The van der Waals surface area contributed by atoms with Gasteiger partial charge < -0.3 is 10.1 Å². The molecule has 0 fully saturated rings. The summed E-state index contributed by atoms with van der Waals surface area (Å²) in [5, 5.41) is 10.00. The summed E-state index contributed by atoms with van der Waals surface area (Å²) in [6.07, 6.45) is 5.02. The van der Waals surface area contributed by atoms with E-state index in [0.717, 1.165) is 0 Å². The molecular formula is C15H13FN6O. The third kappa shape index (κ3) is 3.00. The highest BCUT2D eigenvalue weighted by molar-refractivity contribution is 6.04. The number of nitrogens with one attached hydrogen (secondary N) is 2. The number of aromatic nitrogens is 3. The molecule has 7 nitrogen and oxygen atoms in total. The summed E-state index contributed by atoms with van der Waals surface area (Å²) in [5.41, 5.74) is 6.75. The smallest absolute Gasteiger partial charge is 0.317 e. The molecule has 116 valence electrons. The predicted molar refractivity (Wildman–Crippen MR) is 81.7 cm³/mol. The third-order valence-electron chi connectivity index (χ3n) is 3.26. The summed E-state index contributed by atoms with van der Waals surface area (Å²) in [6.45, 7) is 0. The second-order valence-electron chi connectivity index (χ2n) is 4.86. The molecule has 2 amide bonds. The van der Waals surface area contributed by atoms with Gasteiger partial charge in [-0.25, -0.2) is 19.2 Å². The Hall–Kier alpha value is -3.29. The van der Waals surface area contributed by atoms with Crippen LogP contribution in [0.4, 0.5) is 9.18 Å². The van der Waals surface area contributed by atoms with Crippen LogP contribution in [-0.2, 0) is 6.42 Å². The number of nitrogens with two attached hydrogens (primary N) is 1. The van der Waals surface area contributed by atoms with Crippen molar-refractivity contribution < 1.29 is 9.18 Å². The number of fused-ring (bicyclic) bond motifs is 1. The highest BCUT2D eigenvalue weighted by atomic mass is 19.1. The maximum absolute atomic E-state index is 13.9. The van der Waals surface area contributed by atoms with E-state index in [0.29, 0.717) is 16.9 Å². The Morgan fingerprint density at radius 2 is 2.17 bits per heavy atom. The number of halogens is 1. The van der Waals surface area contributed by atoms with Crippen LogP contribution in [-0.4, -0.2) is 26.2 Å². The number of urea groups is 1. The Morgan fingerprint density at radius 3 is 2.91 bits per heavy atom. The van der Waals surface area contributed by atoms with Crippen LogP contribution < -0.4 is 11.1 Å². The van der Waals surface area contributed by atoms with Gasteiger partial charge in [0.15, 0.2) is 11.5 Å². The van der Waals surface area contributed by atoms with Gasteiger partial charge in [0, 0.05) is 25.0 Å². The van der Waals surface area contributed by atoms with E-state index in [-0.39, 0.29) is 23.8 Å². The number of carbonyl (C=O) groups is 1. The zero-order valence-electron chi connectivity index (χ0n) is 12.0. The lowest BCUT2D eigenvalue weighted by molar-refractivity contribution is 0.253. The van der Waals surface area contributed by atoms with Crippen LogP contribution in [0, 0.1) is 11.2 Å². The topological polar surface area (TPSA) is 109 Å². The minimum atomic E-state index is -0.849. The van der Waals surface area contributed by atoms with E-state index >= 15 is 0 Å². The summed E-state index contributed by atoms with van der Waals surface area (Å²) in [6, 6.07) is 5.54. The van der Waals surface area contributed by atoms with Crippen LogP contribution in [0.1, 0.15) is 17.0 Å². The molecule has 0 aliphatic rings. The lowest BCUT2D eigenvalue weighted by Gasteiger charge is -2.09. The number of hydrogen-bond donors (Lipinski definition) is 3. The van der Waals surface area contributed by atoms with Crippen molar-refractivity contribution in [3.63, 3.8) is 0 Å². The first kappa shape index (κ1) is 14.6. The van der Waals surface area contributed by atoms with Crippen LogP contribution in [0.2, 0.25) is 0 Å². The van der Waals surface area contributed by atoms with Crippen molar-refractivity contribution in [3.05, 3.63) is 65.6 Å². The first-order chi connectivity index (χ1) is 11.0. The molecule has 0 atom stereocenters. The van der Waals surface area contributed by atoms with Gasteiger partial charge >= 0.3 is 6.03 Å². The number of amidine groups is 1. The lowest BCUT2D eigenvalue weighted by Crippen LogP contribution is -2.35. The SMILES string of the molecule is N=C(NC(N)=O)c1cn2ccnc2c(Cc2ccccc2F)n1. The maximum Gasteiger partial charge on any atom is 0.317 e. The molecule has 0 saturated heterocycles. The molecule has 2 aromatic heterocycles. The maximum atomic E-state index is 13.9.